The van der Waals surface area contributed by atoms with E-state index >= 15 is 0 Å². The number of amides is 1. The van der Waals surface area contributed by atoms with Gasteiger partial charge in [0.05, 0.1) is 6.54 Å². The molecule has 0 spiro atoms. The van der Waals surface area contributed by atoms with Crippen molar-refractivity contribution in [1.29, 1.82) is 0 Å². The first kappa shape index (κ1) is 19.1. The molecule has 1 atom stereocenters. The molecular weight excluding hydrogens is 315 g/mol. The molecule has 4 heteroatoms. The van der Waals surface area contributed by atoms with Gasteiger partial charge in [-0.25, -0.2) is 4.39 Å². The van der Waals surface area contributed by atoms with Gasteiger partial charge in [0.2, 0.25) is 5.91 Å². The maximum atomic E-state index is 13.2. The van der Waals surface area contributed by atoms with E-state index < -0.39 is 0 Å². The molecule has 0 aromatic heterocycles. The number of hydrogen-bond donors (Lipinski definition) is 2. The molecule has 0 aliphatic carbocycles. The number of para-hydroxylation sites is 1. The molecule has 2 N–H and O–H groups in total. The monoisotopic (exact) mass is 342 g/mol. The number of nitrogens with one attached hydrogen (secondary N) is 2. The van der Waals surface area contributed by atoms with E-state index in [0.717, 1.165) is 22.4 Å². The van der Waals surface area contributed by atoms with Crippen LogP contribution in [-0.4, -0.2) is 12.5 Å². The summed E-state index contributed by atoms with van der Waals surface area (Å²) < 4.78 is 13.2. The van der Waals surface area contributed by atoms with Crippen LogP contribution in [0.2, 0.25) is 0 Å². The van der Waals surface area contributed by atoms with Crippen molar-refractivity contribution in [3.05, 3.63) is 65.0 Å². The number of halogens is 1. The predicted octanol–water partition coefficient (Wildman–Crippen LogP) is 4.76. The summed E-state index contributed by atoms with van der Waals surface area (Å²) in [4.78, 5) is 12.4. The zero-order valence-corrected chi connectivity index (χ0v) is 15.6. The Bertz CT molecular complexity index is 712. The Balaban J connectivity index is 2.08. The number of carbonyl (C=O) groups excluding carboxylic acids is 1. The molecular formula is C21H27FN2O. The van der Waals surface area contributed by atoms with E-state index in [4.69, 9.17) is 0 Å². The highest BCUT2D eigenvalue weighted by Gasteiger charge is 2.26. The van der Waals surface area contributed by atoms with Crippen molar-refractivity contribution in [2.45, 2.75) is 40.7 Å². The SMILES string of the molecule is Cc1cccc(C)c1NC(=O)CNC(c1ccc(F)cc1)C(C)(C)C. The van der Waals surface area contributed by atoms with Crippen molar-refractivity contribution in [2.24, 2.45) is 5.41 Å². The quantitative estimate of drug-likeness (QED) is 0.823. The van der Waals surface area contributed by atoms with Gasteiger partial charge in [-0.05, 0) is 48.1 Å². The van der Waals surface area contributed by atoms with Crippen molar-refractivity contribution < 1.29 is 9.18 Å². The summed E-state index contributed by atoms with van der Waals surface area (Å²) in [5.41, 5.74) is 3.80. The average Bonchev–Trinajstić information content (AvgIpc) is 2.52. The molecule has 134 valence electrons. The van der Waals surface area contributed by atoms with Crippen LogP contribution in [0.25, 0.3) is 0 Å². The molecule has 25 heavy (non-hydrogen) atoms. The van der Waals surface area contributed by atoms with E-state index in [0.29, 0.717) is 0 Å². The fourth-order valence-electron chi connectivity index (χ4n) is 2.97. The van der Waals surface area contributed by atoms with E-state index in [9.17, 15) is 9.18 Å². The third kappa shape index (κ3) is 5.13. The average molecular weight is 342 g/mol. The summed E-state index contributed by atoms with van der Waals surface area (Å²) in [5.74, 6) is -0.349. The Morgan fingerprint density at radius 2 is 1.60 bits per heavy atom. The van der Waals surface area contributed by atoms with Crippen LogP contribution >= 0.6 is 0 Å². The molecule has 0 fully saturated rings. The van der Waals surface area contributed by atoms with Crippen molar-refractivity contribution in [3.8, 4) is 0 Å². The second kappa shape index (κ2) is 7.79. The largest absolute Gasteiger partial charge is 0.324 e. The Labute approximate surface area is 149 Å². The molecule has 2 aromatic carbocycles. The summed E-state index contributed by atoms with van der Waals surface area (Å²) in [6, 6.07) is 12.3. The lowest BCUT2D eigenvalue weighted by molar-refractivity contribution is -0.115. The molecule has 0 aliphatic rings. The first-order valence-corrected chi connectivity index (χ1v) is 8.53. The molecule has 0 radical (unpaired) electrons. The van der Waals surface area contributed by atoms with Crippen LogP contribution in [-0.2, 0) is 4.79 Å². The van der Waals surface area contributed by atoms with E-state index in [2.05, 4.69) is 31.4 Å². The molecule has 0 heterocycles. The number of anilines is 1. The highest BCUT2D eigenvalue weighted by molar-refractivity contribution is 5.93. The highest BCUT2D eigenvalue weighted by Crippen LogP contribution is 2.32. The fraction of sp³-hybridized carbons (Fsp3) is 0.381. The Hall–Kier alpha value is -2.20. The minimum absolute atomic E-state index is 0.0585. The standard InChI is InChI=1S/C21H27FN2O/c1-14-7-6-8-15(2)19(14)24-18(25)13-23-20(21(3,4)5)16-9-11-17(22)12-10-16/h6-12,20,23H,13H2,1-5H3,(H,24,25). The highest BCUT2D eigenvalue weighted by atomic mass is 19.1. The second-order valence-electron chi connectivity index (χ2n) is 7.55. The van der Waals surface area contributed by atoms with E-state index in [1.54, 1.807) is 12.1 Å². The number of rotatable bonds is 5. The van der Waals surface area contributed by atoms with Crippen LogP contribution in [0.4, 0.5) is 10.1 Å². The summed E-state index contributed by atoms with van der Waals surface area (Å²) in [5, 5.41) is 6.30. The van der Waals surface area contributed by atoms with Gasteiger partial charge < -0.3 is 10.6 Å². The normalized spacial score (nSPS) is 12.7. The van der Waals surface area contributed by atoms with Gasteiger partial charge in [-0.2, -0.15) is 0 Å². The van der Waals surface area contributed by atoms with Gasteiger partial charge in [-0.15, -0.1) is 0 Å². The topological polar surface area (TPSA) is 41.1 Å². The molecule has 2 rings (SSSR count). The van der Waals surface area contributed by atoms with E-state index in [1.807, 2.05) is 32.0 Å². The first-order chi connectivity index (χ1) is 11.7. The summed E-state index contributed by atoms with van der Waals surface area (Å²) in [7, 11) is 0. The van der Waals surface area contributed by atoms with Crippen LogP contribution < -0.4 is 10.6 Å². The Morgan fingerprint density at radius 3 is 2.12 bits per heavy atom. The van der Waals surface area contributed by atoms with Crippen LogP contribution in [0.1, 0.15) is 43.5 Å². The third-order valence-corrected chi connectivity index (χ3v) is 4.28. The van der Waals surface area contributed by atoms with Crippen LogP contribution in [0.15, 0.2) is 42.5 Å². The lowest BCUT2D eigenvalue weighted by atomic mass is 9.82. The molecule has 0 bridgehead atoms. The van der Waals surface area contributed by atoms with Gasteiger partial charge in [0.1, 0.15) is 5.82 Å². The molecule has 1 unspecified atom stereocenters. The van der Waals surface area contributed by atoms with Crippen molar-refractivity contribution in [1.82, 2.24) is 5.32 Å². The maximum absolute atomic E-state index is 13.2. The minimum atomic E-state index is -0.260. The summed E-state index contributed by atoms with van der Waals surface area (Å²) in [6.45, 7) is 10.4. The van der Waals surface area contributed by atoms with Gasteiger partial charge in [-0.1, -0.05) is 51.1 Å². The minimum Gasteiger partial charge on any atom is -0.324 e. The number of hydrogen-bond acceptors (Lipinski definition) is 2. The van der Waals surface area contributed by atoms with Crippen molar-refractivity contribution in [3.63, 3.8) is 0 Å². The van der Waals surface area contributed by atoms with Crippen molar-refractivity contribution in [2.75, 3.05) is 11.9 Å². The zero-order valence-electron chi connectivity index (χ0n) is 15.6. The number of benzene rings is 2. The molecule has 0 saturated carbocycles. The van der Waals surface area contributed by atoms with Crippen LogP contribution in [0.3, 0.4) is 0 Å². The molecule has 3 nitrogen and oxygen atoms in total. The smallest absolute Gasteiger partial charge is 0.238 e. The van der Waals surface area contributed by atoms with Gasteiger partial charge >= 0.3 is 0 Å². The second-order valence-corrected chi connectivity index (χ2v) is 7.55. The van der Waals surface area contributed by atoms with Crippen molar-refractivity contribution >= 4 is 11.6 Å². The van der Waals surface area contributed by atoms with E-state index in [-0.39, 0.29) is 29.7 Å². The molecule has 0 saturated heterocycles. The van der Waals surface area contributed by atoms with Gasteiger partial charge in [-0.3, -0.25) is 4.79 Å². The Kier molecular flexibility index (Phi) is 5.96. The maximum Gasteiger partial charge on any atom is 0.238 e. The lowest BCUT2D eigenvalue weighted by Gasteiger charge is -2.32. The van der Waals surface area contributed by atoms with Crippen LogP contribution in [0.5, 0.6) is 0 Å². The fourth-order valence-corrected chi connectivity index (χ4v) is 2.97. The van der Waals surface area contributed by atoms with Crippen LogP contribution in [0, 0.1) is 25.1 Å². The predicted molar refractivity (Wildman–Crippen MR) is 101 cm³/mol. The van der Waals surface area contributed by atoms with Gasteiger partial charge in [0.25, 0.3) is 0 Å². The molecule has 0 aliphatic heterocycles. The third-order valence-electron chi connectivity index (χ3n) is 4.28. The number of aryl methyl sites for hydroxylation is 2. The first-order valence-electron chi connectivity index (χ1n) is 8.53. The lowest BCUT2D eigenvalue weighted by Crippen LogP contribution is -2.37. The molecule has 1 amide bonds. The molecule has 2 aromatic rings. The summed E-state index contributed by atoms with van der Waals surface area (Å²) in [6.07, 6.45) is 0. The number of carbonyl (C=O) groups is 1. The Morgan fingerprint density at radius 1 is 1.04 bits per heavy atom. The van der Waals surface area contributed by atoms with E-state index in [1.165, 1.54) is 12.1 Å². The van der Waals surface area contributed by atoms with Gasteiger partial charge in [0.15, 0.2) is 0 Å². The zero-order chi connectivity index (χ0) is 18.6. The van der Waals surface area contributed by atoms with Gasteiger partial charge in [0, 0.05) is 11.7 Å². The summed E-state index contributed by atoms with van der Waals surface area (Å²) >= 11 is 0.